The van der Waals surface area contributed by atoms with Gasteiger partial charge in [-0.05, 0) is 55.0 Å². The summed E-state index contributed by atoms with van der Waals surface area (Å²) in [6.07, 6.45) is 0.343. The van der Waals surface area contributed by atoms with Crippen molar-refractivity contribution in [2.24, 2.45) is 0 Å². The molecule has 2 atom stereocenters. The number of carboxylic acids is 1. The number of nitrogens with one attached hydrogen (secondary N) is 1. The molecule has 0 saturated heterocycles. The van der Waals surface area contributed by atoms with Gasteiger partial charge in [0.05, 0.1) is 11.0 Å². The summed E-state index contributed by atoms with van der Waals surface area (Å²) >= 11 is 0. The minimum absolute atomic E-state index is 0.1000. The zero-order valence-electron chi connectivity index (χ0n) is 15.1. The molecule has 0 bridgehead atoms. The van der Waals surface area contributed by atoms with E-state index in [1.165, 1.54) is 0 Å². The van der Waals surface area contributed by atoms with Crippen molar-refractivity contribution >= 4 is 16.0 Å². The predicted molar refractivity (Wildman–Crippen MR) is 101 cm³/mol. The van der Waals surface area contributed by atoms with Crippen LogP contribution >= 0.6 is 0 Å². The number of fused-ring (bicyclic) bond motifs is 1. The van der Waals surface area contributed by atoms with E-state index in [4.69, 9.17) is 5.11 Å². The fourth-order valence-corrected chi connectivity index (χ4v) is 4.60. The van der Waals surface area contributed by atoms with Crippen molar-refractivity contribution in [3.63, 3.8) is 0 Å². The van der Waals surface area contributed by atoms with E-state index in [9.17, 15) is 18.3 Å². The third-order valence-electron chi connectivity index (χ3n) is 4.83. The van der Waals surface area contributed by atoms with Gasteiger partial charge < -0.3 is 10.2 Å². The molecular weight excluding hydrogens is 366 g/mol. The molecule has 0 radical (unpaired) electrons. The fraction of sp³-hybridized carbons (Fsp3) is 0.350. The Morgan fingerprint density at radius 1 is 1.15 bits per heavy atom. The molecule has 1 aliphatic rings. The summed E-state index contributed by atoms with van der Waals surface area (Å²) in [4.78, 5) is 10.9. The Hall–Kier alpha value is -2.22. The van der Waals surface area contributed by atoms with Crippen molar-refractivity contribution in [2.75, 3.05) is 0 Å². The molecule has 7 heteroatoms. The van der Waals surface area contributed by atoms with Crippen molar-refractivity contribution < 1.29 is 23.4 Å². The first-order valence-corrected chi connectivity index (χ1v) is 10.3. The highest BCUT2D eigenvalue weighted by Crippen LogP contribution is 2.28. The van der Waals surface area contributed by atoms with Crippen LogP contribution in [0.25, 0.3) is 0 Å². The Morgan fingerprint density at radius 2 is 1.81 bits per heavy atom. The Morgan fingerprint density at radius 3 is 2.48 bits per heavy atom. The smallest absolute Gasteiger partial charge is 0.303 e. The molecule has 0 heterocycles. The average molecular weight is 389 g/mol. The lowest BCUT2D eigenvalue weighted by Crippen LogP contribution is -2.35. The van der Waals surface area contributed by atoms with Crippen molar-refractivity contribution in [3.05, 3.63) is 64.7 Å². The summed E-state index contributed by atoms with van der Waals surface area (Å²) in [7, 11) is -3.59. The lowest BCUT2D eigenvalue weighted by molar-refractivity contribution is -0.137. The third kappa shape index (κ3) is 4.74. The molecule has 2 aromatic rings. The topological polar surface area (TPSA) is 104 Å². The van der Waals surface area contributed by atoms with Gasteiger partial charge in [0.2, 0.25) is 10.0 Å². The first-order chi connectivity index (χ1) is 12.7. The number of carbonyl (C=O) groups is 1. The number of hydrogen-bond acceptors (Lipinski definition) is 4. The number of carboxylic acid groups (broad SMARTS) is 1. The molecule has 3 N–H and O–H groups in total. The van der Waals surface area contributed by atoms with Gasteiger partial charge in [0.1, 0.15) is 0 Å². The minimum Gasteiger partial charge on any atom is -0.481 e. The maximum Gasteiger partial charge on any atom is 0.303 e. The van der Waals surface area contributed by atoms with Crippen LogP contribution in [0.4, 0.5) is 0 Å². The Bertz CT molecular complexity index is 937. The zero-order chi connectivity index (χ0) is 19.6. The van der Waals surface area contributed by atoms with Gasteiger partial charge in [-0.25, -0.2) is 13.1 Å². The number of sulfonamides is 1. The standard InChI is InChI=1S/C20H23NO5S/c1-13-2-6-18(7-3-13)27(25,26)21-17-11-14-4-5-15(10-16(14)12-17)19(22)8-9-20(23)24/h2-7,10,17,19,21-22H,8-9,11-12H2,1H3,(H,23,24). The number of aliphatic hydroxyl groups excluding tert-OH is 1. The van der Waals surface area contributed by atoms with Crippen LogP contribution in [0.5, 0.6) is 0 Å². The van der Waals surface area contributed by atoms with Crippen molar-refractivity contribution in [2.45, 2.75) is 49.6 Å². The lowest BCUT2D eigenvalue weighted by Gasteiger charge is -2.13. The van der Waals surface area contributed by atoms with E-state index in [-0.39, 0.29) is 23.8 Å². The van der Waals surface area contributed by atoms with Gasteiger partial charge in [-0.15, -0.1) is 0 Å². The number of rotatable bonds is 7. The van der Waals surface area contributed by atoms with Crippen LogP contribution in [-0.4, -0.2) is 30.6 Å². The summed E-state index contributed by atoms with van der Waals surface area (Å²) in [5.74, 6) is -0.944. The molecule has 3 rings (SSSR count). The number of aryl methyl sites for hydroxylation is 1. The predicted octanol–water partition coefficient (Wildman–Crippen LogP) is 2.34. The molecule has 6 nitrogen and oxygen atoms in total. The van der Waals surface area contributed by atoms with Gasteiger partial charge >= 0.3 is 5.97 Å². The van der Waals surface area contributed by atoms with E-state index in [2.05, 4.69) is 4.72 Å². The van der Waals surface area contributed by atoms with Gasteiger partial charge in [0, 0.05) is 12.5 Å². The van der Waals surface area contributed by atoms with E-state index in [0.717, 1.165) is 16.7 Å². The van der Waals surface area contributed by atoms with Crippen LogP contribution in [-0.2, 0) is 27.7 Å². The van der Waals surface area contributed by atoms with E-state index < -0.39 is 22.1 Å². The number of aliphatic carboxylic acids is 1. The van der Waals surface area contributed by atoms with E-state index in [1.807, 2.05) is 19.1 Å². The van der Waals surface area contributed by atoms with Crippen LogP contribution in [0.2, 0.25) is 0 Å². The van der Waals surface area contributed by atoms with Gasteiger partial charge in [0.25, 0.3) is 0 Å². The average Bonchev–Trinajstić information content (AvgIpc) is 3.00. The molecule has 144 valence electrons. The second-order valence-electron chi connectivity index (χ2n) is 7.02. The summed E-state index contributed by atoms with van der Waals surface area (Å²) in [5, 5.41) is 18.9. The zero-order valence-corrected chi connectivity index (χ0v) is 15.9. The molecule has 0 spiro atoms. The molecule has 0 saturated carbocycles. The molecule has 0 aromatic heterocycles. The van der Waals surface area contributed by atoms with Gasteiger partial charge in [-0.1, -0.05) is 35.9 Å². The summed E-state index contributed by atoms with van der Waals surface area (Å²) in [6.45, 7) is 1.90. The Labute approximate surface area is 158 Å². The van der Waals surface area contributed by atoms with Crippen LogP contribution in [0.15, 0.2) is 47.4 Å². The van der Waals surface area contributed by atoms with E-state index >= 15 is 0 Å². The Kier molecular flexibility index (Phi) is 5.64. The SMILES string of the molecule is Cc1ccc(S(=O)(=O)NC2Cc3ccc(C(O)CCC(=O)O)cc3C2)cc1. The van der Waals surface area contributed by atoms with Crippen molar-refractivity contribution in [1.29, 1.82) is 0 Å². The van der Waals surface area contributed by atoms with Gasteiger partial charge in [-0.2, -0.15) is 0 Å². The van der Waals surface area contributed by atoms with Crippen LogP contribution in [0.3, 0.4) is 0 Å². The third-order valence-corrected chi connectivity index (χ3v) is 6.37. The lowest BCUT2D eigenvalue weighted by atomic mass is 10.00. The molecule has 0 aliphatic heterocycles. The summed E-state index contributed by atoms with van der Waals surface area (Å²) in [6, 6.07) is 12.0. The maximum absolute atomic E-state index is 12.6. The molecule has 27 heavy (non-hydrogen) atoms. The highest BCUT2D eigenvalue weighted by molar-refractivity contribution is 7.89. The Balaban J connectivity index is 1.68. The molecule has 2 aromatic carbocycles. The highest BCUT2D eigenvalue weighted by Gasteiger charge is 2.27. The van der Waals surface area contributed by atoms with Crippen LogP contribution < -0.4 is 4.72 Å². The molecule has 2 unspecified atom stereocenters. The number of hydrogen-bond donors (Lipinski definition) is 3. The molecule has 1 aliphatic carbocycles. The minimum atomic E-state index is -3.59. The van der Waals surface area contributed by atoms with Crippen LogP contribution in [0.1, 0.15) is 41.2 Å². The second kappa shape index (κ2) is 7.80. The summed E-state index contributed by atoms with van der Waals surface area (Å²) < 4.78 is 27.9. The van der Waals surface area contributed by atoms with Gasteiger partial charge in [0.15, 0.2) is 0 Å². The first kappa shape index (κ1) is 19.5. The normalized spacial score (nSPS) is 17.5. The maximum atomic E-state index is 12.6. The monoisotopic (exact) mass is 389 g/mol. The summed E-state index contributed by atoms with van der Waals surface area (Å²) in [5.41, 5.74) is 3.69. The second-order valence-corrected chi connectivity index (χ2v) is 8.73. The first-order valence-electron chi connectivity index (χ1n) is 8.85. The van der Waals surface area contributed by atoms with E-state index in [0.29, 0.717) is 18.4 Å². The fourth-order valence-electron chi connectivity index (χ4n) is 3.36. The molecule has 0 amide bonds. The van der Waals surface area contributed by atoms with Gasteiger partial charge in [-0.3, -0.25) is 4.79 Å². The largest absolute Gasteiger partial charge is 0.481 e. The van der Waals surface area contributed by atoms with Crippen LogP contribution in [0, 0.1) is 6.92 Å². The quantitative estimate of drug-likeness (QED) is 0.674. The van der Waals surface area contributed by atoms with Crippen molar-refractivity contribution in [1.82, 2.24) is 4.72 Å². The number of benzene rings is 2. The molecular formula is C20H23NO5S. The number of aliphatic hydroxyl groups is 1. The van der Waals surface area contributed by atoms with Crippen molar-refractivity contribution in [3.8, 4) is 0 Å². The molecule has 0 fully saturated rings. The highest BCUT2D eigenvalue weighted by atomic mass is 32.2. The van der Waals surface area contributed by atoms with E-state index in [1.54, 1.807) is 30.3 Å².